The quantitative estimate of drug-likeness (QED) is 0.842. The Morgan fingerprint density at radius 2 is 2.25 bits per heavy atom. The Labute approximate surface area is 91.4 Å². The third-order valence-corrected chi connectivity index (χ3v) is 2.58. The third-order valence-electron chi connectivity index (χ3n) is 2.58. The first kappa shape index (κ1) is 11.3. The van der Waals surface area contributed by atoms with Gasteiger partial charge >= 0.3 is 6.36 Å². The summed E-state index contributed by atoms with van der Waals surface area (Å²) in [6, 6.07) is 7.08. The second kappa shape index (κ2) is 4.33. The van der Waals surface area contributed by atoms with Crippen LogP contribution >= 0.6 is 0 Å². The maximum atomic E-state index is 12.2. The number of hydrogen-bond donors (Lipinski definition) is 1. The molecule has 1 aromatic rings. The molecule has 0 amide bonds. The van der Waals surface area contributed by atoms with Crippen LogP contribution < -0.4 is 10.1 Å². The minimum absolute atomic E-state index is 0.0898. The van der Waals surface area contributed by atoms with Crippen molar-refractivity contribution in [3.63, 3.8) is 0 Å². The Balaban J connectivity index is 2.23. The van der Waals surface area contributed by atoms with Gasteiger partial charge in [0.2, 0.25) is 0 Å². The number of nitrogens with one attached hydrogen (secondary N) is 1. The van der Waals surface area contributed by atoms with Crippen LogP contribution in [0.5, 0.6) is 5.75 Å². The molecule has 1 N–H and O–H groups in total. The lowest BCUT2D eigenvalue weighted by Gasteiger charge is -2.16. The summed E-state index contributed by atoms with van der Waals surface area (Å²) in [6.07, 6.45) is -3.81. The van der Waals surface area contributed by atoms with Crippen LogP contribution in [0.15, 0.2) is 18.2 Å². The number of ether oxygens (including phenoxy) is 1. The molecule has 16 heavy (non-hydrogen) atoms. The SMILES string of the molecule is FC(F)(F)Oc1c[c]ccc1[C@H]1CCNC1. The van der Waals surface area contributed by atoms with Gasteiger partial charge in [-0.3, -0.25) is 0 Å². The predicted molar refractivity (Wildman–Crippen MR) is 52.2 cm³/mol. The summed E-state index contributed by atoms with van der Waals surface area (Å²) in [5.41, 5.74) is 0.598. The van der Waals surface area contributed by atoms with Crippen molar-refractivity contribution in [1.29, 1.82) is 0 Å². The maximum absolute atomic E-state index is 12.2. The molecule has 0 spiro atoms. The highest BCUT2D eigenvalue weighted by molar-refractivity contribution is 5.36. The van der Waals surface area contributed by atoms with Crippen LogP contribution in [-0.4, -0.2) is 19.5 Å². The fourth-order valence-corrected chi connectivity index (χ4v) is 1.90. The number of halogens is 3. The number of rotatable bonds is 2. The zero-order chi connectivity index (χ0) is 11.6. The van der Waals surface area contributed by atoms with Crippen LogP contribution in [0.2, 0.25) is 0 Å². The Kier molecular flexibility index (Phi) is 3.05. The summed E-state index contributed by atoms with van der Waals surface area (Å²) in [6.45, 7) is 1.52. The summed E-state index contributed by atoms with van der Waals surface area (Å²) in [7, 11) is 0. The second-order valence-corrected chi connectivity index (χ2v) is 3.70. The van der Waals surface area contributed by atoms with E-state index in [2.05, 4.69) is 16.1 Å². The van der Waals surface area contributed by atoms with Gasteiger partial charge in [-0.25, -0.2) is 0 Å². The van der Waals surface area contributed by atoms with Crippen LogP contribution in [0.25, 0.3) is 0 Å². The molecule has 0 saturated carbocycles. The van der Waals surface area contributed by atoms with Crippen LogP contribution in [0.1, 0.15) is 17.9 Å². The lowest BCUT2D eigenvalue weighted by Crippen LogP contribution is -2.19. The van der Waals surface area contributed by atoms with Gasteiger partial charge in [0.1, 0.15) is 5.75 Å². The van der Waals surface area contributed by atoms with Gasteiger partial charge < -0.3 is 10.1 Å². The molecule has 5 heteroatoms. The van der Waals surface area contributed by atoms with Crippen molar-refractivity contribution >= 4 is 0 Å². The van der Waals surface area contributed by atoms with Gasteiger partial charge in [0.25, 0.3) is 0 Å². The Morgan fingerprint density at radius 3 is 2.88 bits per heavy atom. The Hall–Kier alpha value is -1.23. The highest BCUT2D eigenvalue weighted by Crippen LogP contribution is 2.33. The number of benzene rings is 1. The van der Waals surface area contributed by atoms with Crippen molar-refractivity contribution < 1.29 is 17.9 Å². The topological polar surface area (TPSA) is 21.3 Å². The first-order chi connectivity index (χ1) is 7.56. The van der Waals surface area contributed by atoms with Crippen LogP contribution in [0.4, 0.5) is 13.2 Å². The van der Waals surface area contributed by atoms with Crippen molar-refractivity contribution in [3.8, 4) is 5.75 Å². The van der Waals surface area contributed by atoms with Gasteiger partial charge in [-0.05, 0) is 30.7 Å². The molecule has 0 bridgehead atoms. The number of hydrogen-bond acceptors (Lipinski definition) is 2. The smallest absolute Gasteiger partial charge is 0.405 e. The standard InChI is InChI=1S/C11H11F3NO/c12-11(13,14)16-10-4-2-1-3-9(10)8-5-6-15-7-8/h1,3-4,8,15H,5-7H2/t8-/m0/s1. The largest absolute Gasteiger partial charge is 0.573 e. The second-order valence-electron chi connectivity index (χ2n) is 3.70. The fourth-order valence-electron chi connectivity index (χ4n) is 1.90. The first-order valence-corrected chi connectivity index (χ1v) is 5.03. The molecule has 1 radical (unpaired) electrons. The van der Waals surface area contributed by atoms with E-state index in [-0.39, 0.29) is 11.7 Å². The average Bonchev–Trinajstić information content (AvgIpc) is 2.69. The lowest BCUT2D eigenvalue weighted by molar-refractivity contribution is -0.275. The van der Waals surface area contributed by atoms with E-state index in [9.17, 15) is 13.2 Å². The van der Waals surface area contributed by atoms with Crippen molar-refractivity contribution in [3.05, 3.63) is 29.8 Å². The van der Waals surface area contributed by atoms with Gasteiger partial charge in [-0.15, -0.1) is 13.2 Å². The molecule has 0 unspecified atom stereocenters. The molecule has 1 fully saturated rings. The summed E-state index contributed by atoms with van der Waals surface area (Å²) in [5, 5.41) is 3.11. The van der Waals surface area contributed by atoms with E-state index < -0.39 is 6.36 Å². The van der Waals surface area contributed by atoms with Crippen LogP contribution in [-0.2, 0) is 0 Å². The van der Waals surface area contributed by atoms with E-state index in [0.717, 1.165) is 13.0 Å². The monoisotopic (exact) mass is 230 g/mol. The molecule has 0 aliphatic carbocycles. The molecule has 1 atom stereocenters. The van der Waals surface area contributed by atoms with Crippen LogP contribution in [0.3, 0.4) is 0 Å². The summed E-state index contributed by atoms with van der Waals surface area (Å²) < 4.78 is 40.5. The molecule has 1 aliphatic rings. The molecular weight excluding hydrogens is 219 g/mol. The first-order valence-electron chi connectivity index (χ1n) is 5.03. The van der Waals surface area contributed by atoms with Crippen molar-refractivity contribution in [1.82, 2.24) is 5.32 Å². The summed E-state index contributed by atoms with van der Waals surface area (Å²) in [5.74, 6) is -0.0457. The summed E-state index contributed by atoms with van der Waals surface area (Å²) >= 11 is 0. The molecule has 0 aromatic heterocycles. The molecule has 2 nitrogen and oxygen atoms in total. The van der Waals surface area contributed by atoms with Crippen molar-refractivity contribution in [2.45, 2.75) is 18.7 Å². The normalized spacial score (nSPS) is 21.1. The molecule has 1 aliphatic heterocycles. The molecule has 87 valence electrons. The van der Waals surface area contributed by atoms with Gasteiger partial charge in [0, 0.05) is 12.5 Å². The minimum atomic E-state index is -4.64. The summed E-state index contributed by atoms with van der Waals surface area (Å²) in [4.78, 5) is 0. The van der Waals surface area contributed by atoms with Gasteiger partial charge in [-0.1, -0.05) is 12.1 Å². The highest BCUT2D eigenvalue weighted by Gasteiger charge is 2.33. The average molecular weight is 230 g/mol. The predicted octanol–water partition coefficient (Wildman–Crippen LogP) is 2.46. The van der Waals surface area contributed by atoms with E-state index >= 15 is 0 Å². The van der Waals surface area contributed by atoms with E-state index in [1.54, 1.807) is 12.1 Å². The molecule has 1 aromatic carbocycles. The van der Waals surface area contributed by atoms with Crippen molar-refractivity contribution in [2.24, 2.45) is 0 Å². The molecule has 2 rings (SSSR count). The van der Waals surface area contributed by atoms with Gasteiger partial charge in [0.15, 0.2) is 0 Å². The highest BCUT2D eigenvalue weighted by atomic mass is 19.4. The maximum Gasteiger partial charge on any atom is 0.573 e. The van der Waals surface area contributed by atoms with Gasteiger partial charge in [0.05, 0.1) is 0 Å². The van der Waals surface area contributed by atoms with Gasteiger partial charge in [-0.2, -0.15) is 0 Å². The van der Waals surface area contributed by atoms with Crippen LogP contribution in [0, 0.1) is 6.07 Å². The zero-order valence-corrected chi connectivity index (χ0v) is 8.47. The van der Waals surface area contributed by atoms with E-state index in [4.69, 9.17) is 0 Å². The Bertz CT molecular complexity index is 358. The van der Waals surface area contributed by atoms with E-state index in [1.165, 1.54) is 6.07 Å². The fraction of sp³-hybridized carbons (Fsp3) is 0.455. The number of alkyl halides is 3. The van der Waals surface area contributed by atoms with E-state index in [1.807, 2.05) is 0 Å². The zero-order valence-electron chi connectivity index (χ0n) is 8.47. The minimum Gasteiger partial charge on any atom is -0.405 e. The lowest BCUT2D eigenvalue weighted by atomic mass is 9.97. The molecule has 1 saturated heterocycles. The molecule has 1 heterocycles. The van der Waals surface area contributed by atoms with Crippen molar-refractivity contribution in [2.75, 3.05) is 13.1 Å². The van der Waals surface area contributed by atoms with E-state index in [0.29, 0.717) is 12.1 Å². The molecular formula is C11H11F3NO. The third kappa shape index (κ3) is 2.66. The Morgan fingerprint density at radius 1 is 1.44 bits per heavy atom.